The quantitative estimate of drug-likeness (QED) is 0.582. The van der Waals surface area contributed by atoms with E-state index >= 15 is 0 Å². The van der Waals surface area contributed by atoms with Gasteiger partial charge in [0.15, 0.2) is 17.3 Å². The van der Waals surface area contributed by atoms with E-state index < -0.39 is 5.92 Å². The zero-order valence-electron chi connectivity index (χ0n) is 9.83. The number of hydrogen-bond donors (Lipinski definition) is 0. The number of ketones is 3. The van der Waals surface area contributed by atoms with Crippen molar-refractivity contribution in [2.75, 3.05) is 0 Å². The van der Waals surface area contributed by atoms with Crippen molar-refractivity contribution in [3.63, 3.8) is 0 Å². The molecule has 0 aromatic carbocycles. The normalized spacial score (nSPS) is 30.6. The number of pyridine rings is 1. The van der Waals surface area contributed by atoms with Gasteiger partial charge in [-0.15, -0.1) is 0 Å². The molecule has 2 aliphatic rings. The van der Waals surface area contributed by atoms with Gasteiger partial charge in [0.1, 0.15) is 5.92 Å². The maximum Gasteiger partial charge on any atom is 0.182 e. The molecule has 0 aliphatic heterocycles. The Kier molecular flexibility index (Phi) is 2.58. The smallest absolute Gasteiger partial charge is 0.182 e. The molecule has 1 heterocycles. The number of nitrogens with zero attached hydrogens (tertiary/aromatic N) is 1. The molecule has 4 nitrogen and oxygen atoms in total. The lowest BCUT2D eigenvalue weighted by molar-refractivity contribution is -0.137. The summed E-state index contributed by atoms with van der Waals surface area (Å²) < 4.78 is 0. The number of fused-ring (bicyclic) bond motifs is 2. The minimum Gasteiger partial charge on any atom is -0.298 e. The molecule has 0 amide bonds. The molecule has 18 heavy (non-hydrogen) atoms. The Hall–Kier alpha value is -1.84. The van der Waals surface area contributed by atoms with Crippen molar-refractivity contribution < 1.29 is 14.4 Å². The van der Waals surface area contributed by atoms with E-state index in [0.717, 1.165) is 12.8 Å². The molecule has 0 radical (unpaired) electrons. The third kappa shape index (κ3) is 1.60. The van der Waals surface area contributed by atoms with Crippen molar-refractivity contribution in [1.29, 1.82) is 0 Å². The molecule has 2 aliphatic carbocycles. The lowest BCUT2D eigenvalue weighted by atomic mass is 9.75. The monoisotopic (exact) mass is 243 g/mol. The summed E-state index contributed by atoms with van der Waals surface area (Å²) in [5.74, 6) is -1.98. The number of hydrogen-bond acceptors (Lipinski definition) is 4. The van der Waals surface area contributed by atoms with E-state index in [4.69, 9.17) is 0 Å². The molecule has 2 bridgehead atoms. The molecule has 2 fully saturated rings. The van der Waals surface area contributed by atoms with Crippen molar-refractivity contribution in [1.82, 2.24) is 4.98 Å². The Morgan fingerprint density at radius 3 is 2.39 bits per heavy atom. The largest absolute Gasteiger partial charge is 0.298 e. The summed E-state index contributed by atoms with van der Waals surface area (Å²) in [5, 5.41) is 0. The standard InChI is InChI=1S/C14H13NO3/c16-12-8-3-4-9(6-8)13(17)11(12)14(18)10-2-1-5-15-7-10/h1-2,5,7-9,11H,3-4,6H2. The first-order valence-electron chi connectivity index (χ1n) is 6.20. The zero-order chi connectivity index (χ0) is 12.7. The van der Waals surface area contributed by atoms with Crippen molar-refractivity contribution >= 4 is 17.3 Å². The Morgan fingerprint density at radius 2 is 1.83 bits per heavy atom. The lowest BCUT2D eigenvalue weighted by Gasteiger charge is -2.24. The molecule has 92 valence electrons. The average molecular weight is 243 g/mol. The molecule has 1 aromatic rings. The third-order valence-corrected chi connectivity index (χ3v) is 4.01. The molecule has 2 unspecified atom stereocenters. The van der Waals surface area contributed by atoms with Crippen LogP contribution in [0.2, 0.25) is 0 Å². The molecule has 4 heteroatoms. The number of carbonyl (C=O) groups excluding carboxylic acids is 3. The van der Waals surface area contributed by atoms with E-state index in [-0.39, 0.29) is 29.2 Å². The van der Waals surface area contributed by atoms with Gasteiger partial charge in [-0.3, -0.25) is 19.4 Å². The van der Waals surface area contributed by atoms with Crippen molar-refractivity contribution in [3.8, 4) is 0 Å². The number of Topliss-reactive ketones (excluding diaryl/α,β-unsaturated/α-hetero) is 3. The first kappa shape index (κ1) is 11.3. The van der Waals surface area contributed by atoms with E-state index in [2.05, 4.69) is 4.98 Å². The van der Waals surface area contributed by atoms with Gasteiger partial charge < -0.3 is 0 Å². The fraction of sp³-hybridized carbons (Fsp3) is 0.429. The Labute approximate surface area is 104 Å². The highest BCUT2D eigenvalue weighted by atomic mass is 16.2. The second-order valence-corrected chi connectivity index (χ2v) is 5.05. The van der Waals surface area contributed by atoms with E-state index in [1.807, 2.05) is 0 Å². The van der Waals surface area contributed by atoms with Gasteiger partial charge >= 0.3 is 0 Å². The molecule has 3 rings (SSSR count). The fourth-order valence-electron chi connectivity index (χ4n) is 3.04. The predicted molar refractivity (Wildman–Crippen MR) is 62.9 cm³/mol. The van der Waals surface area contributed by atoms with Crippen LogP contribution in [0.3, 0.4) is 0 Å². The van der Waals surface area contributed by atoms with Crippen LogP contribution in [0.15, 0.2) is 24.5 Å². The third-order valence-electron chi connectivity index (χ3n) is 4.01. The van der Waals surface area contributed by atoms with E-state index in [1.165, 1.54) is 6.20 Å². The second-order valence-electron chi connectivity index (χ2n) is 5.05. The van der Waals surface area contributed by atoms with Crippen molar-refractivity contribution in [2.45, 2.75) is 19.3 Å². The summed E-state index contributed by atoms with van der Waals surface area (Å²) in [5.41, 5.74) is 0.352. The maximum atomic E-state index is 12.3. The van der Waals surface area contributed by atoms with Gasteiger partial charge in [-0.05, 0) is 31.4 Å². The van der Waals surface area contributed by atoms with E-state index in [0.29, 0.717) is 12.0 Å². The number of carbonyl (C=O) groups is 3. The summed E-state index contributed by atoms with van der Waals surface area (Å²) >= 11 is 0. The van der Waals surface area contributed by atoms with Gasteiger partial charge in [-0.25, -0.2) is 0 Å². The topological polar surface area (TPSA) is 64.1 Å². The van der Waals surface area contributed by atoms with Gasteiger partial charge in [-0.1, -0.05) is 0 Å². The average Bonchev–Trinajstić information content (AvgIpc) is 2.85. The molecule has 2 atom stereocenters. The SMILES string of the molecule is O=C(c1cccnc1)C1C(=O)C2CCC(C2)C1=O. The van der Waals surface area contributed by atoms with Crippen LogP contribution in [-0.4, -0.2) is 22.3 Å². The van der Waals surface area contributed by atoms with Gasteiger partial charge in [0.05, 0.1) is 0 Å². The first-order chi connectivity index (χ1) is 8.68. The van der Waals surface area contributed by atoms with Crippen LogP contribution in [0.4, 0.5) is 0 Å². The molecule has 0 N–H and O–H groups in total. The molecule has 1 aromatic heterocycles. The van der Waals surface area contributed by atoms with Gasteiger partial charge in [0.25, 0.3) is 0 Å². The van der Waals surface area contributed by atoms with Crippen molar-refractivity contribution in [3.05, 3.63) is 30.1 Å². The summed E-state index contributed by atoms with van der Waals surface area (Å²) in [7, 11) is 0. The summed E-state index contributed by atoms with van der Waals surface area (Å²) in [6, 6.07) is 3.24. The van der Waals surface area contributed by atoms with Crippen molar-refractivity contribution in [2.24, 2.45) is 17.8 Å². The van der Waals surface area contributed by atoms with Crippen LogP contribution in [0.1, 0.15) is 29.6 Å². The lowest BCUT2D eigenvalue weighted by Crippen LogP contribution is -2.41. The van der Waals surface area contributed by atoms with Gasteiger partial charge in [0, 0.05) is 29.8 Å². The van der Waals surface area contributed by atoms with Crippen LogP contribution in [0.5, 0.6) is 0 Å². The minimum atomic E-state index is -1.07. The predicted octanol–water partition coefficient (Wildman–Crippen LogP) is 1.45. The molecular formula is C14H13NO3. The molecule has 0 saturated heterocycles. The van der Waals surface area contributed by atoms with Crippen LogP contribution >= 0.6 is 0 Å². The zero-order valence-corrected chi connectivity index (χ0v) is 9.83. The highest BCUT2D eigenvalue weighted by molar-refractivity contribution is 6.26. The molecule has 2 saturated carbocycles. The first-order valence-corrected chi connectivity index (χ1v) is 6.20. The molecular weight excluding hydrogens is 230 g/mol. The second kappa shape index (κ2) is 4.12. The fourth-order valence-corrected chi connectivity index (χ4v) is 3.04. The highest BCUT2D eigenvalue weighted by Gasteiger charge is 2.49. The van der Waals surface area contributed by atoms with E-state index in [9.17, 15) is 14.4 Å². The summed E-state index contributed by atoms with van der Waals surface area (Å²) in [6.45, 7) is 0. The van der Waals surface area contributed by atoms with Gasteiger partial charge in [0.2, 0.25) is 0 Å². The minimum absolute atomic E-state index is 0.0849. The Morgan fingerprint density at radius 1 is 1.17 bits per heavy atom. The highest BCUT2D eigenvalue weighted by Crippen LogP contribution is 2.41. The summed E-state index contributed by atoms with van der Waals surface area (Å²) in [4.78, 5) is 40.4. The van der Waals surface area contributed by atoms with Crippen LogP contribution in [-0.2, 0) is 9.59 Å². The van der Waals surface area contributed by atoms with Crippen LogP contribution in [0.25, 0.3) is 0 Å². The van der Waals surface area contributed by atoms with Crippen LogP contribution < -0.4 is 0 Å². The summed E-state index contributed by atoms with van der Waals surface area (Å²) in [6.07, 6.45) is 5.14. The Bertz CT molecular complexity index is 501. The molecule has 0 spiro atoms. The van der Waals surface area contributed by atoms with Gasteiger partial charge in [-0.2, -0.15) is 0 Å². The maximum absolute atomic E-state index is 12.3. The van der Waals surface area contributed by atoms with Crippen LogP contribution in [0, 0.1) is 17.8 Å². The number of aromatic nitrogens is 1. The Balaban J connectivity index is 1.94. The van der Waals surface area contributed by atoms with E-state index in [1.54, 1.807) is 18.3 Å². The number of rotatable bonds is 2.